The largest absolute Gasteiger partial charge is 0.416 e. The fourth-order valence-electron chi connectivity index (χ4n) is 3.42. The number of para-hydroxylation sites is 1. The van der Waals surface area contributed by atoms with Crippen molar-refractivity contribution < 1.29 is 13.2 Å². The van der Waals surface area contributed by atoms with E-state index in [-0.39, 0.29) is 6.04 Å². The van der Waals surface area contributed by atoms with E-state index in [0.717, 1.165) is 40.1 Å². The van der Waals surface area contributed by atoms with Crippen LogP contribution in [0.1, 0.15) is 34.7 Å². The molecule has 4 heteroatoms. The first-order chi connectivity index (χ1) is 13.0. The van der Waals surface area contributed by atoms with Crippen LogP contribution in [0.15, 0.2) is 78.9 Å². The van der Waals surface area contributed by atoms with Gasteiger partial charge in [-0.25, -0.2) is 0 Å². The van der Waals surface area contributed by atoms with Crippen molar-refractivity contribution in [1.29, 1.82) is 0 Å². The molecule has 0 aromatic heterocycles. The molecule has 0 saturated carbocycles. The summed E-state index contributed by atoms with van der Waals surface area (Å²) in [5.74, 6) is 0. The number of nitrogens with one attached hydrogen (secondary N) is 1. The predicted molar refractivity (Wildman–Crippen MR) is 103 cm³/mol. The molecule has 1 heterocycles. The lowest BCUT2D eigenvalue weighted by molar-refractivity contribution is -0.137. The molecule has 136 valence electrons. The van der Waals surface area contributed by atoms with Gasteiger partial charge in [-0.15, -0.1) is 0 Å². The minimum Gasteiger partial charge on any atom is -0.377 e. The van der Waals surface area contributed by atoms with E-state index in [2.05, 4.69) is 23.5 Å². The quantitative estimate of drug-likeness (QED) is 0.526. The van der Waals surface area contributed by atoms with E-state index in [1.165, 1.54) is 0 Å². The zero-order valence-electron chi connectivity index (χ0n) is 14.5. The van der Waals surface area contributed by atoms with Crippen LogP contribution in [0.3, 0.4) is 0 Å². The van der Waals surface area contributed by atoms with Crippen molar-refractivity contribution in [3.05, 3.63) is 101 Å². The molecular formula is C23H18F3N. The molecule has 1 unspecified atom stereocenters. The minimum atomic E-state index is -4.32. The lowest BCUT2D eigenvalue weighted by Crippen LogP contribution is -2.12. The topological polar surface area (TPSA) is 12.0 Å². The summed E-state index contributed by atoms with van der Waals surface area (Å²) in [5, 5.41) is 3.50. The summed E-state index contributed by atoms with van der Waals surface area (Å²) < 4.78 is 38.6. The number of anilines is 1. The van der Waals surface area contributed by atoms with E-state index in [0.29, 0.717) is 6.42 Å². The molecule has 0 bridgehead atoms. The van der Waals surface area contributed by atoms with Crippen molar-refractivity contribution in [3.63, 3.8) is 0 Å². The van der Waals surface area contributed by atoms with Crippen LogP contribution in [0.5, 0.6) is 0 Å². The van der Waals surface area contributed by atoms with Crippen LogP contribution in [-0.4, -0.2) is 0 Å². The smallest absolute Gasteiger partial charge is 0.377 e. The molecule has 3 aromatic carbocycles. The third kappa shape index (κ3) is 3.75. The maximum absolute atomic E-state index is 12.9. The van der Waals surface area contributed by atoms with Gasteiger partial charge in [-0.2, -0.15) is 13.2 Å². The maximum atomic E-state index is 12.9. The summed E-state index contributed by atoms with van der Waals surface area (Å²) >= 11 is 0. The summed E-state index contributed by atoms with van der Waals surface area (Å²) in [6.07, 6.45) is -1.48. The monoisotopic (exact) mass is 365 g/mol. The van der Waals surface area contributed by atoms with Gasteiger partial charge in [0.25, 0.3) is 0 Å². The number of hydrogen-bond acceptors (Lipinski definition) is 1. The molecule has 3 aromatic rings. The highest BCUT2D eigenvalue weighted by molar-refractivity contribution is 5.87. The first kappa shape index (κ1) is 17.4. The molecule has 0 aliphatic carbocycles. The van der Waals surface area contributed by atoms with Crippen molar-refractivity contribution in [1.82, 2.24) is 0 Å². The Balaban J connectivity index is 1.73. The highest BCUT2D eigenvalue weighted by Crippen LogP contribution is 2.38. The first-order valence-corrected chi connectivity index (χ1v) is 8.79. The van der Waals surface area contributed by atoms with Gasteiger partial charge < -0.3 is 5.32 Å². The molecule has 0 fully saturated rings. The van der Waals surface area contributed by atoms with Gasteiger partial charge >= 0.3 is 6.18 Å². The van der Waals surface area contributed by atoms with Gasteiger partial charge in [0.15, 0.2) is 0 Å². The maximum Gasteiger partial charge on any atom is 0.416 e. The molecule has 27 heavy (non-hydrogen) atoms. The van der Waals surface area contributed by atoms with Gasteiger partial charge in [-0.1, -0.05) is 60.7 Å². The number of rotatable bonds is 2. The predicted octanol–water partition coefficient (Wildman–Crippen LogP) is 6.80. The Morgan fingerprint density at radius 1 is 0.778 bits per heavy atom. The SMILES string of the molecule is FC(F)(F)c1ccc(C2CC(c3ccccc3)=Cc3ccccc3N2)cc1. The van der Waals surface area contributed by atoms with Crippen molar-refractivity contribution in [2.75, 3.05) is 5.32 Å². The molecular weight excluding hydrogens is 347 g/mol. The minimum absolute atomic E-state index is 0.109. The fourth-order valence-corrected chi connectivity index (χ4v) is 3.42. The third-order valence-corrected chi connectivity index (χ3v) is 4.83. The van der Waals surface area contributed by atoms with E-state index >= 15 is 0 Å². The van der Waals surface area contributed by atoms with E-state index in [4.69, 9.17) is 0 Å². The molecule has 0 saturated heterocycles. The van der Waals surface area contributed by atoms with E-state index < -0.39 is 11.7 Å². The average molecular weight is 365 g/mol. The number of halogens is 3. The van der Waals surface area contributed by atoms with Crippen LogP contribution >= 0.6 is 0 Å². The van der Waals surface area contributed by atoms with E-state index in [1.54, 1.807) is 12.1 Å². The molecule has 1 nitrogen and oxygen atoms in total. The van der Waals surface area contributed by atoms with Gasteiger partial charge in [0.2, 0.25) is 0 Å². The molecule has 0 spiro atoms. The van der Waals surface area contributed by atoms with Gasteiger partial charge in [-0.05, 0) is 53.0 Å². The molecule has 1 atom stereocenters. The highest BCUT2D eigenvalue weighted by atomic mass is 19.4. The summed E-state index contributed by atoms with van der Waals surface area (Å²) in [4.78, 5) is 0. The van der Waals surface area contributed by atoms with Gasteiger partial charge in [0.05, 0.1) is 11.6 Å². The van der Waals surface area contributed by atoms with Crippen molar-refractivity contribution in [2.24, 2.45) is 0 Å². The zero-order valence-corrected chi connectivity index (χ0v) is 14.5. The Morgan fingerprint density at radius 3 is 2.15 bits per heavy atom. The first-order valence-electron chi connectivity index (χ1n) is 8.79. The van der Waals surface area contributed by atoms with Gasteiger partial charge in [0.1, 0.15) is 0 Å². The normalized spacial score (nSPS) is 16.7. The number of fused-ring (bicyclic) bond motifs is 1. The van der Waals surface area contributed by atoms with Crippen LogP contribution in [0.25, 0.3) is 11.6 Å². The third-order valence-electron chi connectivity index (χ3n) is 4.83. The highest BCUT2D eigenvalue weighted by Gasteiger charge is 2.30. The zero-order chi connectivity index (χ0) is 18.9. The lowest BCUT2D eigenvalue weighted by Gasteiger charge is -2.21. The van der Waals surface area contributed by atoms with Gasteiger partial charge in [0, 0.05) is 5.69 Å². The number of hydrogen-bond donors (Lipinski definition) is 1. The lowest BCUT2D eigenvalue weighted by atomic mass is 9.94. The Kier molecular flexibility index (Phi) is 4.48. The van der Waals surface area contributed by atoms with Crippen molar-refractivity contribution >= 4 is 17.3 Å². The second-order valence-corrected chi connectivity index (χ2v) is 6.64. The Morgan fingerprint density at radius 2 is 1.44 bits per heavy atom. The molecule has 4 rings (SSSR count). The average Bonchev–Trinajstić information content (AvgIpc) is 2.88. The Labute approximate surface area is 156 Å². The standard InChI is InChI=1S/C23H18F3N/c24-23(25,26)20-12-10-17(11-13-20)22-15-19(16-6-2-1-3-7-16)14-18-8-4-5-9-21(18)27-22/h1-14,22,27H,15H2. The molecule has 1 aliphatic rings. The summed E-state index contributed by atoms with van der Waals surface area (Å²) in [6, 6.07) is 23.4. The second kappa shape index (κ2) is 6.95. The van der Waals surface area contributed by atoms with Crippen molar-refractivity contribution in [2.45, 2.75) is 18.6 Å². The summed E-state index contributed by atoms with van der Waals surface area (Å²) in [7, 11) is 0. The fraction of sp³-hybridized carbons (Fsp3) is 0.130. The van der Waals surface area contributed by atoms with Crippen LogP contribution in [0.4, 0.5) is 18.9 Å². The van der Waals surface area contributed by atoms with Crippen LogP contribution in [0.2, 0.25) is 0 Å². The molecule has 0 radical (unpaired) electrons. The summed E-state index contributed by atoms with van der Waals surface area (Å²) in [6.45, 7) is 0. The molecule has 1 N–H and O–H groups in total. The van der Waals surface area contributed by atoms with Crippen LogP contribution in [-0.2, 0) is 6.18 Å². The Bertz CT molecular complexity index is 957. The van der Waals surface area contributed by atoms with E-state index in [9.17, 15) is 13.2 Å². The number of alkyl halides is 3. The second-order valence-electron chi connectivity index (χ2n) is 6.64. The van der Waals surface area contributed by atoms with Gasteiger partial charge in [-0.3, -0.25) is 0 Å². The van der Waals surface area contributed by atoms with E-state index in [1.807, 2.05) is 42.5 Å². The van der Waals surface area contributed by atoms with Crippen LogP contribution < -0.4 is 5.32 Å². The Hall–Kier alpha value is -3.01. The number of benzene rings is 3. The van der Waals surface area contributed by atoms with Crippen molar-refractivity contribution in [3.8, 4) is 0 Å². The van der Waals surface area contributed by atoms with Crippen LogP contribution in [0, 0.1) is 0 Å². The molecule has 0 amide bonds. The molecule has 1 aliphatic heterocycles. The summed E-state index contributed by atoms with van der Waals surface area (Å²) in [5.41, 5.74) is 4.53.